The van der Waals surface area contributed by atoms with Crippen molar-refractivity contribution in [2.75, 3.05) is 32.8 Å². The second-order valence-corrected chi connectivity index (χ2v) is 8.86. The van der Waals surface area contributed by atoms with Gasteiger partial charge >= 0.3 is 0 Å². The lowest BCUT2D eigenvalue weighted by Gasteiger charge is -2.47. The predicted octanol–water partition coefficient (Wildman–Crippen LogP) is 2.94. The van der Waals surface area contributed by atoms with Crippen LogP contribution in [0.3, 0.4) is 0 Å². The number of amides is 1. The van der Waals surface area contributed by atoms with Gasteiger partial charge in [-0.05, 0) is 58.3 Å². The molecule has 0 bridgehead atoms. The fourth-order valence-corrected chi connectivity index (χ4v) is 5.02. The summed E-state index contributed by atoms with van der Waals surface area (Å²) in [6.45, 7) is 8.30. The lowest BCUT2D eigenvalue weighted by Crippen LogP contribution is -2.63. The van der Waals surface area contributed by atoms with E-state index in [1.807, 2.05) is 24.8 Å². The van der Waals surface area contributed by atoms with Crippen LogP contribution in [0, 0.1) is 13.8 Å². The number of ether oxygens (including phenoxy) is 1. The van der Waals surface area contributed by atoms with Crippen molar-refractivity contribution in [3.63, 3.8) is 0 Å². The summed E-state index contributed by atoms with van der Waals surface area (Å²) in [6.07, 6.45) is 5.55. The van der Waals surface area contributed by atoms with Crippen LogP contribution in [0.5, 0.6) is 0 Å². The molecule has 5 heterocycles. The third-order valence-electron chi connectivity index (χ3n) is 6.75. The quantitative estimate of drug-likeness (QED) is 0.787. The molecule has 3 aliphatic rings. The molecule has 1 atom stereocenters. The van der Waals surface area contributed by atoms with Crippen molar-refractivity contribution in [2.24, 2.45) is 0 Å². The smallest absolute Gasteiger partial charge is 0.289 e. The highest BCUT2D eigenvalue weighted by atomic mass is 16.5. The number of hydrogen-bond acceptors (Lipinski definition) is 6. The van der Waals surface area contributed by atoms with E-state index in [0.29, 0.717) is 31.3 Å². The molecule has 0 aromatic carbocycles. The molecule has 1 spiro atoms. The van der Waals surface area contributed by atoms with Crippen molar-refractivity contribution in [3.8, 4) is 0 Å². The van der Waals surface area contributed by atoms with Gasteiger partial charge in [-0.15, -0.1) is 0 Å². The number of piperidine rings is 1. The Bertz CT molecular complexity index is 870. The normalized spacial score (nSPS) is 24.2. The molecule has 0 saturated carbocycles. The Kier molecular flexibility index (Phi) is 4.75. The van der Waals surface area contributed by atoms with E-state index in [4.69, 9.17) is 13.7 Å². The van der Waals surface area contributed by atoms with Gasteiger partial charge in [-0.1, -0.05) is 11.6 Å². The minimum Gasteiger partial charge on any atom is -0.456 e. The van der Waals surface area contributed by atoms with Gasteiger partial charge in [-0.25, -0.2) is 0 Å². The Morgan fingerprint density at radius 2 is 2.00 bits per heavy atom. The number of aryl methyl sites for hydroxylation is 2. The van der Waals surface area contributed by atoms with E-state index in [-0.39, 0.29) is 11.5 Å². The van der Waals surface area contributed by atoms with Gasteiger partial charge in [0.05, 0.1) is 25.4 Å². The zero-order valence-electron chi connectivity index (χ0n) is 17.3. The van der Waals surface area contributed by atoms with Crippen LogP contribution < -0.4 is 0 Å². The number of rotatable bonds is 4. The van der Waals surface area contributed by atoms with Crippen molar-refractivity contribution in [2.45, 2.75) is 57.6 Å². The number of furan rings is 1. The maximum absolute atomic E-state index is 12.8. The molecule has 1 amide bonds. The summed E-state index contributed by atoms with van der Waals surface area (Å²) in [7, 11) is 0. The van der Waals surface area contributed by atoms with E-state index in [2.05, 4.69) is 10.1 Å². The standard InChI is InChI=1S/C22H29N3O4/c1-15-19(16(2)29-23-15)10-18-6-7-20(28-18)21(26)25-13-22(14-25)11-17(12-27-22)24-8-4-3-5-9-24/h6-7,17H,3-5,8-14H2,1-2H3. The molecule has 2 aromatic heterocycles. The third kappa shape index (κ3) is 3.51. The maximum atomic E-state index is 12.8. The van der Waals surface area contributed by atoms with E-state index in [0.717, 1.165) is 35.8 Å². The Hall–Kier alpha value is -2.12. The fraction of sp³-hybridized carbons (Fsp3) is 0.636. The molecule has 7 heteroatoms. The molecular formula is C22H29N3O4. The molecule has 0 N–H and O–H groups in total. The summed E-state index contributed by atoms with van der Waals surface area (Å²) >= 11 is 0. The van der Waals surface area contributed by atoms with Crippen molar-refractivity contribution < 1.29 is 18.5 Å². The summed E-state index contributed by atoms with van der Waals surface area (Å²) in [5, 5.41) is 3.98. The molecule has 3 aliphatic heterocycles. The van der Waals surface area contributed by atoms with E-state index in [1.54, 1.807) is 6.07 Å². The average Bonchev–Trinajstić information content (AvgIpc) is 3.43. The molecule has 7 nitrogen and oxygen atoms in total. The zero-order valence-corrected chi connectivity index (χ0v) is 17.3. The van der Waals surface area contributed by atoms with Crippen molar-refractivity contribution in [1.82, 2.24) is 15.0 Å². The first-order valence-electron chi connectivity index (χ1n) is 10.7. The van der Waals surface area contributed by atoms with Gasteiger partial charge in [-0.2, -0.15) is 0 Å². The van der Waals surface area contributed by atoms with Gasteiger partial charge in [0.1, 0.15) is 17.1 Å². The number of nitrogens with zero attached hydrogens (tertiary/aromatic N) is 3. The molecule has 2 aromatic rings. The summed E-state index contributed by atoms with van der Waals surface area (Å²) < 4.78 is 17.2. The van der Waals surface area contributed by atoms with Crippen molar-refractivity contribution in [1.29, 1.82) is 0 Å². The summed E-state index contributed by atoms with van der Waals surface area (Å²) in [5.41, 5.74) is 1.73. The molecule has 0 radical (unpaired) electrons. The van der Waals surface area contributed by atoms with Gasteiger partial charge in [0, 0.05) is 18.0 Å². The highest BCUT2D eigenvalue weighted by molar-refractivity contribution is 5.92. The van der Waals surface area contributed by atoms with E-state index >= 15 is 0 Å². The van der Waals surface area contributed by atoms with Crippen LogP contribution in [-0.4, -0.2) is 65.3 Å². The fourth-order valence-electron chi connectivity index (χ4n) is 5.02. The summed E-state index contributed by atoms with van der Waals surface area (Å²) in [6, 6.07) is 4.15. The Balaban J connectivity index is 1.18. The zero-order chi connectivity index (χ0) is 20.0. The van der Waals surface area contributed by atoms with E-state index < -0.39 is 0 Å². The number of carbonyl (C=O) groups is 1. The molecule has 0 aliphatic carbocycles. The average molecular weight is 399 g/mol. The van der Waals surface area contributed by atoms with E-state index in [9.17, 15) is 4.79 Å². The monoisotopic (exact) mass is 399 g/mol. The van der Waals surface area contributed by atoms with Gasteiger partial charge < -0.3 is 18.6 Å². The SMILES string of the molecule is Cc1noc(C)c1Cc1ccc(C(=O)N2CC3(CC(N4CCCCC4)CO3)C2)o1. The van der Waals surface area contributed by atoms with Gasteiger partial charge in [0.25, 0.3) is 5.91 Å². The third-order valence-corrected chi connectivity index (χ3v) is 6.75. The Morgan fingerprint density at radius 1 is 1.21 bits per heavy atom. The number of aromatic nitrogens is 1. The predicted molar refractivity (Wildman–Crippen MR) is 106 cm³/mol. The van der Waals surface area contributed by atoms with Gasteiger partial charge in [0.2, 0.25) is 0 Å². The summed E-state index contributed by atoms with van der Waals surface area (Å²) in [5.74, 6) is 1.89. The van der Waals surface area contributed by atoms with Crippen molar-refractivity contribution >= 4 is 5.91 Å². The summed E-state index contributed by atoms with van der Waals surface area (Å²) in [4.78, 5) is 17.3. The highest BCUT2D eigenvalue weighted by Gasteiger charge is 2.52. The Labute approximate surface area is 170 Å². The second-order valence-electron chi connectivity index (χ2n) is 8.86. The van der Waals surface area contributed by atoms with Crippen LogP contribution in [0.2, 0.25) is 0 Å². The first-order chi connectivity index (χ1) is 14.0. The van der Waals surface area contributed by atoms with Crippen LogP contribution in [0.25, 0.3) is 0 Å². The maximum Gasteiger partial charge on any atom is 0.289 e. The first-order valence-corrected chi connectivity index (χ1v) is 10.7. The highest BCUT2D eigenvalue weighted by Crippen LogP contribution is 2.38. The van der Waals surface area contributed by atoms with Gasteiger partial charge in [-0.3, -0.25) is 9.69 Å². The van der Waals surface area contributed by atoms with Crippen molar-refractivity contribution in [3.05, 3.63) is 40.7 Å². The second kappa shape index (κ2) is 7.29. The van der Waals surface area contributed by atoms with Gasteiger partial charge in [0.15, 0.2) is 5.76 Å². The van der Waals surface area contributed by atoms with Crippen LogP contribution in [-0.2, 0) is 11.2 Å². The number of carbonyl (C=O) groups excluding carboxylic acids is 1. The van der Waals surface area contributed by atoms with Crippen LogP contribution in [0.15, 0.2) is 21.1 Å². The lowest BCUT2D eigenvalue weighted by molar-refractivity contribution is -0.0957. The largest absolute Gasteiger partial charge is 0.456 e. The minimum absolute atomic E-state index is 0.0503. The topological polar surface area (TPSA) is 72.0 Å². The molecule has 3 fully saturated rings. The van der Waals surface area contributed by atoms with E-state index in [1.165, 1.54) is 32.4 Å². The van der Waals surface area contributed by atoms with Crippen LogP contribution >= 0.6 is 0 Å². The molecule has 1 unspecified atom stereocenters. The number of likely N-dealkylation sites (tertiary alicyclic amines) is 2. The minimum atomic E-state index is -0.149. The van der Waals surface area contributed by atoms with Crippen LogP contribution in [0.4, 0.5) is 0 Å². The lowest BCUT2D eigenvalue weighted by atomic mass is 9.88. The molecule has 3 saturated heterocycles. The Morgan fingerprint density at radius 3 is 2.72 bits per heavy atom. The molecular weight excluding hydrogens is 370 g/mol. The molecule has 5 rings (SSSR count). The first kappa shape index (κ1) is 18.9. The number of hydrogen-bond donors (Lipinski definition) is 0. The molecule has 29 heavy (non-hydrogen) atoms. The molecule has 156 valence electrons. The van der Waals surface area contributed by atoms with Crippen LogP contribution in [0.1, 0.15) is 59.0 Å².